The molecule has 2 aliphatic rings. The highest BCUT2D eigenvalue weighted by Crippen LogP contribution is 2.33. The van der Waals surface area contributed by atoms with Crippen LogP contribution in [-0.2, 0) is 14.3 Å². The molecule has 1 N–H and O–H groups in total. The van der Waals surface area contributed by atoms with Crippen LogP contribution in [0, 0.1) is 5.41 Å². The molecule has 136 valence electrons. The Morgan fingerprint density at radius 1 is 1.40 bits per heavy atom. The number of likely N-dealkylation sites (tertiary alicyclic amines) is 2. The van der Waals surface area contributed by atoms with Gasteiger partial charge >= 0.3 is 5.97 Å². The van der Waals surface area contributed by atoms with Gasteiger partial charge in [0.2, 0.25) is 5.91 Å². The number of ether oxygens (including phenoxy) is 1. The van der Waals surface area contributed by atoms with E-state index in [1.807, 2.05) is 11.4 Å². The number of aliphatic carboxylic acids is 1. The summed E-state index contributed by atoms with van der Waals surface area (Å²) in [6, 6.07) is 3.08. The maximum absolute atomic E-state index is 12.9. The maximum atomic E-state index is 12.9. The van der Waals surface area contributed by atoms with Gasteiger partial charge in [-0.05, 0) is 30.7 Å². The molecule has 7 nitrogen and oxygen atoms in total. The zero-order valence-electron chi connectivity index (χ0n) is 14.1. The van der Waals surface area contributed by atoms with Crippen molar-refractivity contribution in [1.82, 2.24) is 9.80 Å². The fourth-order valence-electron chi connectivity index (χ4n) is 3.71. The minimum atomic E-state index is -1.05. The molecule has 3 rings (SSSR count). The largest absolute Gasteiger partial charge is 0.481 e. The number of methoxy groups -OCH3 is 1. The van der Waals surface area contributed by atoms with Gasteiger partial charge in [-0.1, -0.05) is 6.07 Å². The lowest BCUT2D eigenvalue weighted by molar-refractivity contribution is -0.151. The molecule has 0 aromatic carbocycles. The molecule has 0 saturated carbocycles. The minimum Gasteiger partial charge on any atom is -0.481 e. The molecule has 1 aromatic heterocycles. The molecule has 2 amide bonds. The number of carbonyl (C=O) groups is 3. The number of thiophene rings is 1. The number of carboxylic acid groups (broad SMARTS) is 1. The Bertz CT molecular complexity index is 662. The van der Waals surface area contributed by atoms with Crippen molar-refractivity contribution in [3.8, 4) is 0 Å². The molecule has 8 heteroatoms. The van der Waals surface area contributed by atoms with Gasteiger partial charge < -0.3 is 19.6 Å². The Kier molecular flexibility index (Phi) is 5.10. The van der Waals surface area contributed by atoms with Crippen LogP contribution in [0.25, 0.3) is 0 Å². The fraction of sp³-hybridized carbons (Fsp3) is 0.588. The second-order valence-electron chi connectivity index (χ2n) is 6.66. The highest BCUT2D eigenvalue weighted by molar-refractivity contribution is 7.12. The molecule has 2 atom stereocenters. The predicted molar refractivity (Wildman–Crippen MR) is 91.5 cm³/mol. The van der Waals surface area contributed by atoms with Crippen LogP contribution < -0.4 is 0 Å². The zero-order valence-corrected chi connectivity index (χ0v) is 15.0. The van der Waals surface area contributed by atoms with E-state index < -0.39 is 17.4 Å². The van der Waals surface area contributed by atoms with Gasteiger partial charge in [0.25, 0.3) is 5.91 Å². The zero-order chi connectivity index (χ0) is 18.0. The van der Waals surface area contributed by atoms with Crippen LogP contribution in [0.3, 0.4) is 0 Å². The lowest BCUT2D eigenvalue weighted by Crippen LogP contribution is -2.48. The molecular formula is C17H22N2O5S. The monoisotopic (exact) mass is 366 g/mol. The van der Waals surface area contributed by atoms with Gasteiger partial charge in [0.1, 0.15) is 11.5 Å². The van der Waals surface area contributed by atoms with E-state index in [9.17, 15) is 19.5 Å². The van der Waals surface area contributed by atoms with Gasteiger partial charge in [-0.3, -0.25) is 14.4 Å². The Morgan fingerprint density at radius 3 is 2.84 bits per heavy atom. The van der Waals surface area contributed by atoms with E-state index in [2.05, 4.69) is 0 Å². The van der Waals surface area contributed by atoms with Crippen molar-refractivity contribution in [2.75, 3.05) is 33.4 Å². The van der Waals surface area contributed by atoms with Gasteiger partial charge in [-0.2, -0.15) is 0 Å². The average Bonchev–Trinajstić information content (AvgIpc) is 3.33. The SMILES string of the molecule is COCC1(C(=O)O)CCN(C(=O)C2CCCN2C(=O)c2cccs2)C1. The lowest BCUT2D eigenvalue weighted by atomic mass is 9.88. The topological polar surface area (TPSA) is 87.2 Å². The first-order valence-electron chi connectivity index (χ1n) is 8.34. The number of carboxylic acids is 1. The molecule has 2 unspecified atom stereocenters. The van der Waals surface area contributed by atoms with Crippen molar-refractivity contribution < 1.29 is 24.2 Å². The first-order valence-corrected chi connectivity index (χ1v) is 9.22. The van der Waals surface area contributed by atoms with Crippen LogP contribution in [0.1, 0.15) is 28.9 Å². The van der Waals surface area contributed by atoms with Gasteiger partial charge in [0.15, 0.2) is 0 Å². The third-order valence-electron chi connectivity index (χ3n) is 5.07. The number of nitrogens with zero attached hydrogens (tertiary/aromatic N) is 2. The Labute approximate surface area is 150 Å². The van der Waals surface area contributed by atoms with E-state index in [0.29, 0.717) is 30.8 Å². The van der Waals surface area contributed by atoms with Gasteiger partial charge in [-0.25, -0.2) is 0 Å². The molecule has 3 heterocycles. The standard InChI is InChI=1S/C17H22N2O5S/c1-24-11-17(16(22)23)6-8-18(10-17)14(20)12-4-2-7-19(12)15(21)13-5-3-9-25-13/h3,5,9,12H,2,4,6-8,10-11H2,1H3,(H,22,23). The van der Waals surface area contributed by atoms with Crippen LogP contribution in [0.15, 0.2) is 17.5 Å². The number of amides is 2. The van der Waals surface area contributed by atoms with Crippen molar-refractivity contribution in [2.24, 2.45) is 5.41 Å². The Balaban J connectivity index is 1.72. The smallest absolute Gasteiger partial charge is 0.313 e. The summed E-state index contributed by atoms with van der Waals surface area (Å²) in [5.41, 5.74) is -1.05. The summed E-state index contributed by atoms with van der Waals surface area (Å²) < 4.78 is 5.07. The summed E-state index contributed by atoms with van der Waals surface area (Å²) >= 11 is 1.36. The first kappa shape index (κ1) is 17.9. The summed E-state index contributed by atoms with van der Waals surface area (Å²) in [6.45, 7) is 1.15. The highest BCUT2D eigenvalue weighted by Gasteiger charge is 2.48. The summed E-state index contributed by atoms with van der Waals surface area (Å²) in [5, 5.41) is 11.4. The number of carbonyl (C=O) groups excluding carboxylic acids is 2. The Morgan fingerprint density at radius 2 is 2.20 bits per heavy atom. The summed E-state index contributed by atoms with van der Waals surface area (Å²) in [4.78, 5) is 41.1. The molecule has 0 radical (unpaired) electrons. The highest BCUT2D eigenvalue weighted by atomic mass is 32.1. The minimum absolute atomic E-state index is 0.0780. The number of hydrogen-bond donors (Lipinski definition) is 1. The van der Waals surface area contributed by atoms with Crippen LogP contribution in [0.5, 0.6) is 0 Å². The third-order valence-corrected chi connectivity index (χ3v) is 5.93. The van der Waals surface area contributed by atoms with Crippen molar-refractivity contribution in [3.05, 3.63) is 22.4 Å². The second kappa shape index (κ2) is 7.13. The summed E-state index contributed by atoms with van der Waals surface area (Å²) in [5.74, 6) is -1.21. The van der Waals surface area contributed by atoms with E-state index in [0.717, 1.165) is 6.42 Å². The number of hydrogen-bond acceptors (Lipinski definition) is 5. The van der Waals surface area contributed by atoms with Crippen LogP contribution in [0.2, 0.25) is 0 Å². The van der Waals surface area contributed by atoms with Gasteiger partial charge in [0, 0.05) is 26.7 Å². The van der Waals surface area contributed by atoms with Crippen LogP contribution >= 0.6 is 11.3 Å². The number of rotatable bonds is 5. The average molecular weight is 366 g/mol. The molecule has 2 fully saturated rings. The second-order valence-corrected chi connectivity index (χ2v) is 7.61. The Hall–Kier alpha value is -1.93. The summed E-state index contributed by atoms with van der Waals surface area (Å²) in [7, 11) is 1.47. The van der Waals surface area contributed by atoms with Crippen LogP contribution in [0.4, 0.5) is 0 Å². The molecular weight excluding hydrogens is 344 g/mol. The quantitative estimate of drug-likeness (QED) is 0.849. The van der Waals surface area contributed by atoms with E-state index >= 15 is 0 Å². The van der Waals surface area contributed by atoms with E-state index in [-0.39, 0.29) is 25.0 Å². The third kappa shape index (κ3) is 3.28. The van der Waals surface area contributed by atoms with E-state index in [4.69, 9.17) is 4.74 Å². The van der Waals surface area contributed by atoms with Crippen molar-refractivity contribution in [3.63, 3.8) is 0 Å². The van der Waals surface area contributed by atoms with E-state index in [1.54, 1.807) is 15.9 Å². The molecule has 1 aromatic rings. The molecule has 0 aliphatic carbocycles. The van der Waals surface area contributed by atoms with Crippen LogP contribution in [-0.4, -0.2) is 72.1 Å². The van der Waals surface area contributed by atoms with Crippen molar-refractivity contribution in [1.29, 1.82) is 0 Å². The molecule has 2 aliphatic heterocycles. The summed E-state index contributed by atoms with van der Waals surface area (Å²) in [6.07, 6.45) is 1.77. The molecule has 0 spiro atoms. The van der Waals surface area contributed by atoms with Gasteiger partial charge in [-0.15, -0.1) is 11.3 Å². The molecule has 25 heavy (non-hydrogen) atoms. The lowest BCUT2D eigenvalue weighted by Gasteiger charge is -2.29. The van der Waals surface area contributed by atoms with E-state index in [1.165, 1.54) is 18.4 Å². The first-order chi connectivity index (χ1) is 12.0. The van der Waals surface area contributed by atoms with Crippen molar-refractivity contribution >= 4 is 29.1 Å². The fourth-order valence-corrected chi connectivity index (χ4v) is 4.39. The maximum Gasteiger partial charge on any atom is 0.313 e. The van der Waals surface area contributed by atoms with Crippen molar-refractivity contribution in [2.45, 2.75) is 25.3 Å². The van der Waals surface area contributed by atoms with Gasteiger partial charge in [0.05, 0.1) is 11.5 Å². The predicted octanol–water partition coefficient (Wildman–Crippen LogP) is 1.30. The normalized spacial score (nSPS) is 26.2. The molecule has 2 saturated heterocycles. The molecule has 0 bridgehead atoms.